The average Bonchev–Trinajstić information content (AvgIpc) is 2.95. The van der Waals surface area contributed by atoms with E-state index in [-0.39, 0.29) is 11.8 Å². The second kappa shape index (κ2) is 6.22. The molecule has 0 bridgehead atoms. The minimum absolute atomic E-state index is 0.218. The predicted molar refractivity (Wildman–Crippen MR) is 90.5 cm³/mol. The number of halogens is 2. The molecular weight excluding hydrogens is 335 g/mol. The Labute approximate surface area is 144 Å². The van der Waals surface area contributed by atoms with E-state index in [1.807, 2.05) is 31.2 Å². The molecule has 0 aromatic heterocycles. The molecule has 1 atom stereocenters. The van der Waals surface area contributed by atoms with Crippen LogP contribution in [0.3, 0.4) is 0 Å². The molecule has 1 unspecified atom stereocenters. The van der Waals surface area contributed by atoms with Crippen LogP contribution in [0.15, 0.2) is 47.6 Å². The number of hydrogen-bond donors (Lipinski definition) is 0. The number of aryl methyl sites for hydroxylation is 1. The second-order valence-electron chi connectivity index (χ2n) is 5.25. The normalized spacial score (nSPS) is 17.0. The van der Waals surface area contributed by atoms with E-state index in [0.29, 0.717) is 15.6 Å². The van der Waals surface area contributed by atoms with E-state index in [2.05, 4.69) is 5.10 Å². The molecule has 2 aromatic rings. The summed E-state index contributed by atoms with van der Waals surface area (Å²) in [6.07, 6.45) is -0.613. The van der Waals surface area contributed by atoms with Crippen LogP contribution in [0.2, 0.25) is 10.0 Å². The van der Waals surface area contributed by atoms with E-state index in [1.54, 1.807) is 18.2 Å². The molecule has 0 saturated heterocycles. The smallest absolute Gasteiger partial charge is 0.243 e. The van der Waals surface area contributed by atoms with Crippen molar-refractivity contribution >= 4 is 35.0 Å². The lowest BCUT2D eigenvalue weighted by molar-refractivity contribution is -0.135. The molecular formula is C17H14Cl2N2O2. The van der Waals surface area contributed by atoms with Gasteiger partial charge in [0, 0.05) is 12.5 Å². The van der Waals surface area contributed by atoms with Gasteiger partial charge < -0.3 is 4.74 Å². The fourth-order valence-electron chi connectivity index (χ4n) is 2.38. The number of ether oxygens (including phenoxy) is 1. The monoisotopic (exact) mass is 348 g/mol. The highest BCUT2D eigenvalue weighted by atomic mass is 35.5. The number of rotatable bonds is 2. The summed E-state index contributed by atoms with van der Waals surface area (Å²) in [5.74, 6) is 0.0591. The van der Waals surface area contributed by atoms with E-state index in [9.17, 15) is 4.79 Å². The maximum Gasteiger partial charge on any atom is 0.243 e. The van der Waals surface area contributed by atoms with Crippen molar-refractivity contribution in [2.24, 2.45) is 5.10 Å². The van der Waals surface area contributed by atoms with Gasteiger partial charge in [0.15, 0.2) is 0 Å². The van der Waals surface area contributed by atoms with Crippen LogP contribution in [-0.4, -0.2) is 16.8 Å². The average molecular weight is 349 g/mol. The number of amides is 1. The van der Waals surface area contributed by atoms with Crippen molar-refractivity contribution in [3.63, 3.8) is 0 Å². The van der Waals surface area contributed by atoms with Crippen molar-refractivity contribution in [2.75, 3.05) is 0 Å². The third kappa shape index (κ3) is 3.05. The standard InChI is InChI=1S/C17H14Cl2N2O2/c1-10-5-3-6-12(9-10)17-21(11(2)22)20-16(23-17)13-7-4-8-14(18)15(13)19/h3-9,17H,1-2H3. The van der Waals surface area contributed by atoms with Crippen LogP contribution in [0.25, 0.3) is 0 Å². The minimum Gasteiger partial charge on any atom is -0.446 e. The molecule has 0 fully saturated rings. The van der Waals surface area contributed by atoms with Crippen LogP contribution >= 0.6 is 23.2 Å². The van der Waals surface area contributed by atoms with E-state index >= 15 is 0 Å². The fraction of sp³-hybridized carbons (Fsp3) is 0.176. The largest absolute Gasteiger partial charge is 0.446 e. The topological polar surface area (TPSA) is 41.9 Å². The molecule has 1 aliphatic rings. The Morgan fingerprint density at radius 2 is 1.96 bits per heavy atom. The summed E-state index contributed by atoms with van der Waals surface area (Å²) in [6, 6.07) is 12.9. The van der Waals surface area contributed by atoms with Crippen LogP contribution in [0.4, 0.5) is 0 Å². The number of nitrogens with zero attached hydrogens (tertiary/aromatic N) is 2. The van der Waals surface area contributed by atoms with Gasteiger partial charge in [-0.05, 0) is 19.1 Å². The first-order valence-corrected chi connectivity index (χ1v) is 7.79. The zero-order valence-electron chi connectivity index (χ0n) is 12.6. The Balaban J connectivity index is 2.01. The lowest BCUT2D eigenvalue weighted by Crippen LogP contribution is -2.25. The molecule has 0 radical (unpaired) electrons. The lowest BCUT2D eigenvalue weighted by atomic mass is 10.1. The van der Waals surface area contributed by atoms with Gasteiger partial charge in [-0.3, -0.25) is 4.79 Å². The maximum atomic E-state index is 11.9. The highest BCUT2D eigenvalue weighted by molar-refractivity contribution is 6.43. The van der Waals surface area contributed by atoms with Crippen LogP contribution in [0.5, 0.6) is 0 Å². The van der Waals surface area contributed by atoms with Crippen LogP contribution in [-0.2, 0) is 9.53 Å². The molecule has 0 aliphatic carbocycles. The first-order valence-electron chi connectivity index (χ1n) is 7.03. The van der Waals surface area contributed by atoms with Gasteiger partial charge in [0.1, 0.15) is 0 Å². The van der Waals surface area contributed by atoms with Crippen LogP contribution in [0.1, 0.15) is 29.8 Å². The molecule has 4 nitrogen and oxygen atoms in total. The Kier molecular flexibility index (Phi) is 4.28. The number of hydrazone groups is 1. The van der Waals surface area contributed by atoms with Gasteiger partial charge in [-0.2, -0.15) is 5.01 Å². The summed E-state index contributed by atoms with van der Waals surface area (Å²) < 4.78 is 5.91. The zero-order valence-corrected chi connectivity index (χ0v) is 14.1. The van der Waals surface area contributed by atoms with Gasteiger partial charge in [-0.25, -0.2) is 0 Å². The quantitative estimate of drug-likeness (QED) is 0.799. The minimum atomic E-state index is -0.613. The molecule has 6 heteroatoms. The summed E-state index contributed by atoms with van der Waals surface area (Å²) in [5, 5.41) is 6.34. The van der Waals surface area contributed by atoms with Crippen LogP contribution < -0.4 is 0 Å². The van der Waals surface area contributed by atoms with Crippen molar-refractivity contribution < 1.29 is 9.53 Å². The Hall–Kier alpha value is -2.04. The molecule has 1 aliphatic heterocycles. The SMILES string of the molecule is CC(=O)N1N=C(c2cccc(Cl)c2Cl)OC1c1cccc(C)c1. The molecule has 0 saturated carbocycles. The molecule has 3 rings (SSSR count). The summed E-state index contributed by atoms with van der Waals surface area (Å²) in [7, 11) is 0. The van der Waals surface area contributed by atoms with Gasteiger partial charge in [0.2, 0.25) is 18.0 Å². The molecule has 1 heterocycles. The number of carbonyl (C=O) groups is 1. The van der Waals surface area contributed by atoms with Gasteiger partial charge in [0.05, 0.1) is 15.6 Å². The van der Waals surface area contributed by atoms with Gasteiger partial charge in [0.25, 0.3) is 0 Å². The molecule has 2 aromatic carbocycles. The predicted octanol–water partition coefficient (Wildman–Crippen LogP) is 4.54. The lowest BCUT2D eigenvalue weighted by Gasteiger charge is -2.19. The van der Waals surface area contributed by atoms with Crippen LogP contribution in [0, 0.1) is 6.92 Å². The Morgan fingerprint density at radius 3 is 2.65 bits per heavy atom. The first-order chi connectivity index (χ1) is 11.0. The molecule has 0 spiro atoms. The molecule has 118 valence electrons. The van der Waals surface area contributed by atoms with Crippen molar-refractivity contribution in [1.82, 2.24) is 5.01 Å². The number of carbonyl (C=O) groups excluding carboxylic acids is 1. The van der Waals surface area contributed by atoms with E-state index in [0.717, 1.165) is 11.1 Å². The highest BCUT2D eigenvalue weighted by Gasteiger charge is 2.34. The maximum absolute atomic E-state index is 11.9. The van der Waals surface area contributed by atoms with Gasteiger partial charge in [-0.1, -0.05) is 59.1 Å². The molecule has 0 N–H and O–H groups in total. The summed E-state index contributed by atoms with van der Waals surface area (Å²) in [4.78, 5) is 11.9. The van der Waals surface area contributed by atoms with E-state index < -0.39 is 6.23 Å². The van der Waals surface area contributed by atoms with Gasteiger partial charge in [-0.15, -0.1) is 5.10 Å². The fourth-order valence-corrected chi connectivity index (χ4v) is 2.77. The summed E-state index contributed by atoms with van der Waals surface area (Å²) in [6.45, 7) is 3.42. The van der Waals surface area contributed by atoms with Crippen molar-refractivity contribution in [3.05, 3.63) is 69.2 Å². The third-order valence-electron chi connectivity index (χ3n) is 3.48. The zero-order chi connectivity index (χ0) is 16.6. The van der Waals surface area contributed by atoms with Gasteiger partial charge >= 0.3 is 0 Å². The summed E-state index contributed by atoms with van der Waals surface area (Å²) in [5.41, 5.74) is 2.47. The third-order valence-corrected chi connectivity index (χ3v) is 4.29. The van der Waals surface area contributed by atoms with E-state index in [1.165, 1.54) is 11.9 Å². The molecule has 1 amide bonds. The first kappa shape index (κ1) is 15.8. The van der Waals surface area contributed by atoms with E-state index in [4.69, 9.17) is 27.9 Å². The number of hydrogen-bond acceptors (Lipinski definition) is 3. The Morgan fingerprint density at radius 1 is 1.22 bits per heavy atom. The molecule has 23 heavy (non-hydrogen) atoms. The second-order valence-corrected chi connectivity index (χ2v) is 6.04. The van der Waals surface area contributed by atoms with Crippen molar-refractivity contribution in [2.45, 2.75) is 20.1 Å². The summed E-state index contributed by atoms with van der Waals surface area (Å²) >= 11 is 12.3. The Bertz CT molecular complexity index is 805. The van der Waals surface area contributed by atoms with Crippen molar-refractivity contribution in [1.29, 1.82) is 0 Å². The highest BCUT2D eigenvalue weighted by Crippen LogP contribution is 2.34. The number of benzene rings is 2. The van der Waals surface area contributed by atoms with Crippen molar-refractivity contribution in [3.8, 4) is 0 Å².